The van der Waals surface area contributed by atoms with Crippen LogP contribution in [0.5, 0.6) is 5.75 Å². The van der Waals surface area contributed by atoms with E-state index in [1.54, 1.807) is 50.9 Å². The summed E-state index contributed by atoms with van der Waals surface area (Å²) in [6.45, 7) is 9.56. The Morgan fingerprint density at radius 3 is 2.47 bits per heavy atom. The number of carbonyl (C=O) groups excluding carboxylic acids is 3. The maximum atomic E-state index is 14.4. The number of aliphatic hydroxyl groups excluding tert-OH is 1. The Hall–Kier alpha value is -4.69. The molecule has 0 unspecified atom stereocenters. The predicted octanol–water partition coefficient (Wildman–Crippen LogP) is 6.03. The van der Waals surface area contributed by atoms with Crippen LogP contribution < -0.4 is 20.7 Å². The van der Waals surface area contributed by atoms with Gasteiger partial charge in [-0.25, -0.2) is 14.0 Å². The number of benzene rings is 2. The van der Waals surface area contributed by atoms with Crippen LogP contribution in [0, 0.1) is 25.6 Å². The molecular formula is C35H47FN6O7. The molecule has 5 amide bonds. The highest BCUT2D eigenvalue weighted by molar-refractivity contribution is 6.03. The Labute approximate surface area is 286 Å². The fourth-order valence-electron chi connectivity index (χ4n) is 5.51. The van der Waals surface area contributed by atoms with Gasteiger partial charge < -0.3 is 44.9 Å². The molecule has 266 valence electrons. The Morgan fingerprint density at radius 1 is 1.08 bits per heavy atom. The lowest BCUT2D eigenvalue weighted by molar-refractivity contribution is -0.0115. The van der Waals surface area contributed by atoms with Crippen LogP contribution in [0.3, 0.4) is 0 Å². The van der Waals surface area contributed by atoms with Crippen molar-refractivity contribution in [3.05, 3.63) is 65.3 Å². The summed E-state index contributed by atoms with van der Waals surface area (Å²) in [7, 11) is 1.64. The molecule has 0 saturated carbocycles. The summed E-state index contributed by atoms with van der Waals surface area (Å²) >= 11 is 0. The second-order valence-corrected chi connectivity index (χ2v) is 12.6. The van der Waals surface area contributed by atoms with Crippen molar-refractivity contribution < 1.29 is 37.9 Å². The van der Waals surface area contributed by atoms with Gasteiger partial charge in [0, 0.05) is 44.0 Å². The Balaban J connectivity index is 1.58. The lowest BCUT2D eigenvalue weighted by Gasteiger charge is -2.35. The number of aromatic nitrogens is 1. The molecule has 2 aromatic carbocycles. The number of amides is 5. The Kier molecular flexibility index (Phi) is 13.0. The smallest absolute Gasteiger partial charge is 0.323 e. The first-order chi connectivity index (χ1) is 23.4. The van der Waals surface area contributed by atoms with Crippen LogP contribution in [0.1, 0.15) is 61.8 Å². The standard InChI is InChI=1S/C35H47FN6O7/c1-21-18-42(22(2)20-43)33(44)29-17-28(37-34(45)39-32-24(4)40-49-25(32)5)14-15-30(29)48-23(3)9-7-8-16-47-31(21)19-41(6)35(46)38-27-12-10-26(36)11-13-27/h10-15,17,21-23,31,43H,7-9,16,18-20H2,1-6H3,(H,38,46)(H2,37,39,45)/t21-,22+,23+,31+/m0/s1. The van der Waals surface area contributed by atoms with Gasteiger partial charge in [0.1, 0.15) is 22.9 Å². The van der Waals surface area contributed by atoms with Crippen LogP contribution in [-0.4, -0.2) is 89.6 Å². The highest BCUT2D eigenvalue weighted by atomic mass is 19.1. The number of likely N-dealkylation sites (N-methyl/N-ethyl adjacent to an activating group) is 1. The van der Waals surface area contributed by atoms with E-state index in [-0.39, 0.29) is 37.3 Å². The van der Waals surface area contributed by atoms with Crippen molar-refractivity contribution in [2.75, 3.05) is 49.3 Å². The van der Waals surface area contributed by atoms with E-state index in [9.17, 15) is 23.9 Å². The zero-order valence-corrected chi connectivity index (χ0v) is 28.9. The van der Waals surface area contributed by atoms with Crippen molar-refractivity contribution in [2.24, 2.45) is 5.92 Å². The maximum Gasteiger partial charge on any atom is 0.323 e. The first-order valence-electron chi connectivity index (χ1n) is 16.5. The number of carbonyl (C=O) groups is 3. The molecule has 1 aromatic heterocycles. The molecule has 0 saturated heterocycles. The quantitative estimate of drug-likeness (QED) is 0.235. The van der Waals surface area contributed by atoms with Gasteiger partial charge in [0.05, 0.1) is 30.4 Å². The minimum atomic E-state index is -0.576. The van der Waals surface area contributed by atoms with Crippen LogP contribution in [0.4, 0.5) is 31.0 Å². The molecule has 4 rings (SSSR count). The molecule has 0 spiro atoms. The normalized spacial score (nSPS) is 19.6. The topological polar surface area (TPSA) is 158 Å². The Bertz CT molecular complexity index is 1560. The maximum absolute atomic E-state index is 14.4. The van der Waals surface area contributed by atoms with Crippen molar-refractivity contribution in [2.45, 2.75) is 72.1 Å². The van der Waals surface area contributed by atoms with E-state index in [2.05, 4.69) is 21.1 Å². The molecule has 0 fully saturated rings. The molecule has 4 atom stereocenters. The summed E-state index contributed by atoms with van der Waals surface area (Å²) < 4.78 is 31.1. The van der Waals surface area contributed by atoms with E-state index in [4.69, 9.17) is 14.0 Å². The molecule has 0 bridgehead atoms. The van der Waals surface area contributed by atoms with Crippen LogP contribution in [0.25, 0.3) is 0 Å². The lowest BCUT2D eigenvalue weighted by atomic mass is 10.0. The van der Waals surface area contributed by atoms with Gasteiger partial charge in [-0.2, -0.15) is 0 Å². The third kappa shape index (κ3) is 10.2. The minimum Gasteiger partial charge on any atom is -0.490 e. The van der Waals surface area contributed by atoms with Crippen LogP contribution in [0.2, 0.25) is 0 Å². The minimum absolute atomic E-state index is 0.192. The van der Waals surface area contributed by atoms with Gasteiger partial charge >= 0.3 is 12.1 Å². The van der Waals surface area contributed by atoms with Gasteiger partial charge in [0.2, 0.25) is 0 Å². The number of urea groups is 2. The van der Waals surface area contributed by atoms with Crippen molar-refractivity contribution in [1.82, 2.24) is 15.0 Å². The zero-order chi connectivity index (χ0) is 35.7. The van der Waals surface area contributed by atoms with Gasteiger partial charge in [-0.05, 0) is 89.4 Å². The molecule has 1 aliphatic rings. The van der Waals surface area contributed by atoms with Crippen LogP contribution >= 0.6 is 0 Å². The third-order valence-electron chi connectivity index (χ3n) is 8.48. The van der Waals surface area contributed by atoms with E-state index in [0.717, 1.165) is 12.8 Å². The second kappa shape index (κ2) is 17.1. The van der Waals surface area contributed by atoms with Gasteiger partial charge in [-0.3, -0.25) is 4.79 Å². The second-order valence-electron chi connectivity index (χ2n) is 12.6. The molecule has 14 heteroatoms. The SMILES string of the molecule is Cc1noc(C)c1NC(=O)Nc1ccc2c(c1)C(=O)N([C@H](C)CO)C[C@H](C)[C@@H](CN(C)C(=O)Nc1ccc(F)cc1)OCCCC[C@@H](C)O2. The van der Waals surface area contributed by atoms with Gasteiger partial charge in [0.15, 0.2) is 5.76 Å². The first-order valence-corrected chi connectivity index (χ1v) is 16.5. The van der Waals surface area contributed by atoms with Crippen molar-refractivity contribution >= 4 is 35.0 Å². The Morgan fingerprint density at radius 2 is 1.80 bits per heavy atom. The van der Waals surface area contributed by atoms with E-state index < -0.39 is 35.9 Å². The summed E-state index contributed by atoms with van der Waals surface area (Å²) in [6.07, 6.45) is 1.59. The van der Waals surface area contributed by atoms with E-state index >= 15 is 0 Å². The monoisotopic (exact) mass is 682 g/mol. The summed E-state index contributed by atoms with van der Waals surface area (Å²) in [5.74, 6) is -0.256. The average molecular weight is 683 g/mol. The van der Waals surface area contributed by atoms with Crippen molar-refractivity contribution in [3.8, 4) is 5.75 Å². The average Bonchev–Trinajstić information content (AvgIpc) is 3.38. The molecule has 4 N–H and O–H groups in total. The zero-order valence-electron chi connectivity index (χ0n) is 28.9. The number of aryl methyl sites for hydroxylation is 2. The molecule has 49 heavy (non-hydrogen) atoms. The molecule has 0 aliphatic carbocycles. The van der Waals surface area contributed by atoms with Crippen molar-refractivity contribution in [1.29, 1.82) is 0 Å². The summed E-state index contributed by atoms with van der Waals surface area (Å²) in [4.78, 5) is 43.3. The molecule has 2 heterocycles. The number of anilines is 3. The van der Waals surface area contributed by atoms with E-state index in [0.29, 0.717) is 47.3 Å². The van der Waals surface area contributed by atoms with Crippen LogP contribution in [-0.2, 0) is 4.74 Å². The summed E-state index contributed by atoms with van der Waals surface area (Å²) in [5.41, 5.74) is 2.01. The lowest BCUT2D eigenvalue weighted by Crippen LogP contribution is -2.48. The summed E-state index contributed by atoms with van der Waals surface area (Å²) in [6, 6.07) is 8.87. The van der Waals surface area contributed by atoms with E-state index in [1.165, 1.54) is 29.2 Å². The number of halogens is 1. The number of ether oxygens (including phenoxy) is 2. The van der Waals surface area contributed by atoms with Gasteiger partial charge in [-0.15, -0.1) is 0 Å². The number of hydrogen-bond donors (Lipinski definition) is 4. The summed E-state index contributed by atoms with van der Waals surface area (Å²) in [5, 5.41) is 22.3. The van der Waals surface area contributed by atoms with Crippen molar-refractivity contribution in [3.63, 3.8) is 0 Å². The fraction of sp³-hybridized carbons (Fsp3) is 0.486. The number of fused-ring (bicyclic) bond motifs is 1. The highest BCUT2D eigenvalue weighted by Crippen LogP contribution is 2.29. The third-order valence-corrected chi connectivity index (χ3v) is 8.48. The number of rotatable bonds is 7. The first kappa shape index (κ1) is 37.1. The van der Waals surface area contributed by atoms with Crippen LogP contribution in [0.15, 0.2) is 47.0 Å². The van der Waals surface area contributed by atoms with Gasteiger partial charge in [-0.1, -0.05) is 12.1 Å². The number of hydrogen-bond acceptors (Lipinski definition) is 8. The fourth-order valence-corrected chi connectivity index (χ4v) is 5.51. The van der Waals surface area contributed by atoms with Gasteiger partial charge in [0.25, 0.3) is 5.91 Å². The molecule has 0 radical (unpaired) electrons. The largest absolute Gasteiger partial charge is 0.490 e. The number of nitrogens with one attached hydrogen (secondary N) is 3. The predicted molar refractivity (Wildman–Crippen MR) is 184 cm³/mol. The van der Waals surface area contributed by atoms with E-state index in [1.807, 2.05) is 13.8 Å². The molecule has 13 nitrogen and oxygen atoms in total. The number of aliphatic hydroxyl groups is 1. The molecule has 3 aromatic rings. The number of nitrogens with zero attached hydrogens (tertiary/aromatic N) is 3. The molecule has 1 aliphatic heterocycles. The molecular weight excluding hydrogens is 635 g/mol. The highest BCUT2D eigenvalue weighted by Gasteiger charge is 2.31.